The van der Waals surface area contributed by atoms with E-state index in [1.165, 1.54) is 11.1 Å². The molecule has 0 saturated carbocycles. The van der Waals surface area contributed by atoms with E-state index < -0.39 is 0 Å². The third-order valence-electron chi connectivity index (χ3n) is 3.20. The predicted octanol–water partition coefficient (Wildman–Crippen LogP) is 3.31. The molecule has 0 spiro atoms. The molecule has 1 aromatic heterocycles. The minimum atomic E-state index is -0.385. The Labute approximate surface area is 108 Å². The molecule has 1 N–H and O–H groups in total. The van der Waals surface area contributed by atoms with E-state index in [2.05, 4.69) is 24.0 Å². The average Bonchev–Trinajstić information content (AvgIpc) is 2.46. The summed E-state index contributed by atoms with van der Waals surface area (Å²) in [5, 5.41) is 10.2. The number of aromatic nitrogens is 1. The van der Waals surface area contributed by atoms with E-state index in [0.29, 0.717) is 0 Å². The van der Waals surface area contributed by atoms with Crippen LogP contribution in [0.2, 0.25) is 0 Å². The predicted molar refractivity (Wildman–Crippen MR) is 73.3 cm³/mol. The highest BCUT2D eigenvalue weighted by Gasteiger charge is 2.07. The number of hydrogen-bond acceptors (Lipinski definition) is 2. The van der Waals surface area contributed by atoms with Crippen molar-refractivity contribution in [1.29, 1.82) is 0 Å². The van der Waals surface area contributed by atoms with Crippen molar-refractivity contribution in [1.82, 2.24) is 4.98 Å². The molecule has 94 valence electrons. The second-order valence-corrected chi connectivity index (χ2v) is 4.51. The van der Waals surface area contributed by atoms with Crippen LogP contribution in [0.25, 0.3) is 0 Å². The quantitative estimate of drug-likeness (QED) is 0.871. The summed E-state index contributed by atoms with van der Waals surface area (Å²) in [6.45, 7) is 2.13. The Hall–Kier alpha value is -1.67. The van der Waals surface area contributed by atoms with Crippen molar-refractivity contribution >= 4 is 0 Å². The first-order valence-electron chi connectivity index (χ1n) is 6.45. The first kappa shape index (κ1) is 12.8. The van der Waals surface area contributed by atoms with Gasteiger partial charge in [0, 0.05) is 12.4 Å². The standard InChI is InChI=1S/C16H19NO/c1-2-13-4-3-5-15(12-13)16(18)7-6-14-8-10-17-11-9-14/h3-5,8-12,16,18H,2,6-7H2,1H3. The number of benzene rings is 1. The lowest BCUT2D eigenvalue weighted by Gasteiger charge is -2.12. The Kier molecular flexibility index (Phi) is 4.48. The lowest BCUT2D eigenvalue weighted by Crippen LogP contribution is -2.00. The van der Waals surface area contributed by atoms with Gasteiger partial charge in [-0.05, 0) is 48.1 Å². The summed E-state index contributed by atoms with van der Waals surface area (Å²) in [4.78, 5) is 3.99. The third-order valence-corrected chi connectivity index (χ3v) is 3.20. The van der Waals surface area contributed by atoms with E-state index in [9.17, 15) is 5.11 Å². The maximum absolute atomic E-state index is 10.2. The zero-order valence-corrected chi connectivity index (χ0v) is 10.7. The van der Waals surface area contributed by atoms with Crippen LogP contribution in [-0.4, -0.2) is 10.1 Å². The van der Waals surface area contributed by atoms with Crippen molar-refractivity contribution in [3.05, 3.63) is 65.5 Å². The molecule has 2 rings (SSSR count). The van der Waals surface area contributed by atoms with Gasteiger partial charge < -0.3 is 5.11 Å². The van der Waals surface area contributed by atoms with Gasteiger partial charge in [-0.1, -0.05) is 31.2 Å². The van der Waals surface area contributed by atoms with Gasteiger partial charge in [-0.2, -0.15) is 0 Å². The molecule has 2 nitrogen and oxygen atoms in total. The second-order valence-electron chi connectivity index (χ2n) is 4.51. The van der Waals surface area contributed by atoms with Crippen LogP contribution in [0, 0.1) is 0 Å². The van der Waals surface area contributed by atoms with Gasteiger partial charge in [0.15, 0.2) is 0 Å². The minimum Gasteiger partial charge on any atom is -0.388 e. The van der Waals surface area contributed by atoms with Gasteiger partial charge in [0.1, 0.15) is 0 Å². The van der Waals surface area contributed by atoms with Crippen LogP contribution >= 0.6 is 0 Å². The average molecular weight is 241 g/mol. The van der Waals surface area contributed by atoms with Gasteiger partial charge in [0.25, 0.3) is 0 Å². The van der Waals surface area contributed by atoms with Crippen LogP contribution in [0.1, 0.15) is 36.1 Å². The van der Waals surface area contributed by atoms with Crippen LogP contribution in [0.4, 0.5) is 0 Å². The number of nitrogens with zero attached hydrogens (tertiary/aromatic N) is 1. The minimum absolute atomic E-state index is 0.385. The lowest BCUT2D eigenvalue weighted by molar-refractivity contribution is 0.168. The van der Waals surface area contributed by atoms with E-state index in [1.807, 2.05) is 24.3 Å². The smallest absolute Gasteiger partial charge is 0.0793 e. The highest BCUT2D eigenvalue weighted by molar-refractivity contribution is 5.25. The number of aliphatic hydroxyl groups excluding tert-OH is 1. The SMILES string of the molecule is CCc1cccc(C(O)CCc2ccncc2)c1. The fourth-order valence-corrected chi connectivity index (χ4v) is 2.04. The van der Waals surface area contributed by atoms with Crippen molar-refractivity contribution in [2.24, 2.45) is 0 Å². The molecule has 0 saturated heterocycles. The molecule has 0 aliphatic heterocycles. The molecular weight excluding hydrogens is 222 g/mol. The summed E-state index contributed by atoms with van der Waals surface area (Å²) in [6, 6.07) is 12.2. The highest BCUT2D eigenvalue weighted by Crippen LogP contribution is 2.20. The topological polar surface area (TPSA) is 33.1 Å². The second kappa shape index (κ2) is 6.31. The Morgan fingerprint density at radius 3 is 2.61 bits per heavy atom. The van der Waals surface area contributed by atoms with Gasteiger partial charge in [-0.3, -0.25) is 4.98 Å². The molecule has 0 aliphatic carbocycles. The number of hydrogen-bond donors (Lipinski definition) is 1. The van der Waals surface area contributed by atoms with Crippen molar-refractivity contribution < 1.29 is 5.11 Å². The number of aliphatic hydroxyl groups is 1. The molecule has 1 heterocycles. The number of pyridine rings is 1. The molecular formula is C16H19NO. The molecule has 0 aliphatic rings. The molecule has 1 atom stereocenters. The largest absolute Gasteiger partial charge is 0.388 e. The highest BCUT2D eigenvalue weighted by atomic mass is 16.3. The molecule has 2 aromatic rings. The molecule has 0 amide bonds. The molecule has 18 heavy (non-hydrogen) atoms. The summed E-state index contributed by atoms with van der Waals surface area (Å²) < 4.78 is 0. The van der Waals surface area contributed by atoms with Crippen molar-refractivity contribution in [3.8, 4) is 0 Å². The first-order chi connectivity index (χ1) is 8.79. The van der Waals surface area contributed by atoms with Crippen LogP contribution in [0.5, 0.6) is 0 Å². The van der Waals surface area contributed by atoms with Gasteiger partial charge in [-0.25, -0.2) is 0 Å². The monoisotopic (exact) mass is 241 g/mol. The molecule has 2 heteroatoms. The number of aryl methyl sites for hydroxylation is 2. The Bertz CT molecular complexity index is 481. The summed E-state index contributed by atoms with van der Waals surface area (Å²) in [5.41, 5.74) is 3.51. The zero-order valence-electron chi connectivity index (χ0n) is 10.7. The number of rotatable bonds is 5. The Morgan fingerprint density at radius 1 is 1.11 bits per heavy atom. The maximum Gasteiger partial charge on any atom is 0.0793 e. The first-order valence-corrected chi connectivity index (χ1v) is 6.45. The van der Waals surface area contributed by atoms with Crippen LogP contribution in [0.15, 0.2) is 48.8 Å². The summed E-state index contributed by atoms with van der Waals surface area (Å²) in [5.74, 6) is 0. The fourth-order valence-electron chi connectivity index (χ4n) is 2.04. The Balaban J connectivity index is 1.97. The van der Waals surface area contributed by atoms with Crippen LogP contribution in [-0.2, 0) is 12.8 Å². The summed E-state index contributed by atoms with van der Waals surface area (Å²) in [7, 11) is 0. The fraction of sp³-hybridized carbons (Fsp3) is 0.312. The van der Waals surface area contributed by atoms with E-state index in [4.69, 9.17) is 0 Å². The van der Waals surface area contributed by atoms with Crippen molar-refractivity contribution in [2.75, 3.05) is 0 Å². The van der Waals surface area contributed by atoms with Crippen molar-refractivity contribution in [2.45, 2.75) is 32.3 Å². The zero-order chi connectivity index (χ0) is 12.8. The Morgan fingerprint density at radius 2 is 1.89 bits per heavy atom. The third kappa shape index (κ3) is 3.41. The molecule has 1 unspecified atom stereocenters. The van der Waals surface area contributed by atoms with E-state index >= 15 is 0 Å². The van der Waals surface area contributed by atoms with Crippen LogP contribution < -0.4 is 0 Å². The molecule has 0 bridgehead atoms. The summed E-state index contributed by atoms with van der Waals surface area (Å²) >= 11 is 0. The van der Waals surface area contributed by atoms with Crippen molar-refractivity contribution in [3.63, 3.8) is 0 Å². The van der Waals surface area contributed by atoms with Crippen LogP contribution in [0.3, 0.4) is 0 Å². The van der Waals surface area contributed by atoms with E-state index in [1.54, 1.807) is 12.4 Å². The van der Waals surface area contributed by atoms with Gasteiger partial charge in [-0.15, -0.1) is 0 Å². The molecule has 0 fully saturated rings. The molecule has 0 radical (unpaired) electrons. The van der Waals surface area contributed by atoms with Gasteiger partial charge in [0.2, 0.25) is 0 Å². The van der Waals surface area contributed by atoms with Gasteiger partial charge >= 0.3 is 0 Å². The molecule has 1 aromatic carbocycles. The van der Waals surface area contributed by atoms with E-state index in [-0.39, 0.29) is 6.10 Å². The lowest BCUT2D eigenvalue weighted by atomic mass is 9.99. The summed E-state index contributed by atoms with van der Waals surface area (Å²) in [6.07, 6.45) is 5.82. The normalized spacial score (nSPS) is 12.3. The van der Waals surface area contributed by atoms with Gasteiger partial charge in [0.05, 0.1) is 6.10 Å². The van der Waals surface area contributed by atoms with E-state index in [0.717, 1.165) is 24.8 Å². The maximum atomic E-state index is 10.2.